The van der Waals surface area contributed by atoms with E-state index in [0.717, 1.165) is 37.1 Å². The van der Waals surface area contributed by atoms with Gasteiger partial charge >= 0.3 is 0 Å². The smallest absolute Gasteiger partial charge is 0.107 e. The van der Waals surface area contributed by atoms with Gasteiger partial charge in [-0.15, -0.1) is 0 Å². The minimum Gasteiger partial charge on any atom is -0.299 e. The van der Waals surface area contributed by atoms with Gasteiger partial charge in [0, 0.05) is 0 Å². The average molecular weight is 220 g/mol. The molecule has 2 fully saturated rings. The second-order valence-electron chi connectivity index (χ2n) is 6.12. The minimum absolute atomic E-state index is 0.199. The third-order valence-electron chi connectivity index (χ3n) is 4.37. The van der Waals surface area contributed by atoms with Crippen molar-refractivity contribution in [2.45, 2.75) is 57.9 Å². The zero-order chi connectivity index (χ0) is 11.6. The molecule has 1 N–H and O–H groups in total. The fourth-order valence-electron chi connectivity index (χ4n) is 2.85. The van der Waals surface area contributed by atoms with Crippen LogP contribution in [0.5, 0.6) is 0 Å². The highest BCUT2D eigenvalue weighted by molar-refractivity contribution is 5.10. The molecule has 2 rings (SSSR count). The molecule has 2 unspecified atom stereocenters. The van der Waals surface area contributed by atoms with Crippen LogP contribution in [0, 0.1) is 29.1 Å². The molecule has 0 aromatic heterocycles. The maximum Gasteiger partial charge on any atom is 0.107 e. The Kier molecular flexibility index (Phi) is 3.54. The van der Waals surface area contributed by atoms with Crippen LogP contribution in [0.4, 0.5) is 0 Å². The zero-order valence-electron chi connectivity index (χ0n) is 10.6. The van der Waals surface area contributed by atoms with Gasteiger partial charge in [-0.05, 0) is 56.4 Å². The van der Waals surface area contributed by atoms with Crippen LogP contribution in [0.15, 0.2) is 0 Å². The van der Waals surface area contributed by atoms with Crippen LogP contribution in [0.1, 0.15) is 52.4 Å². The molecule has 2 nitrogen and oxygen atoms in total. The van der Waals surface area contributed by atoms with Crippen molar-refractivity contribution in [1.82, 2.24) is 5.32 Å². The van der Waals surface area contributed by atoms with Crippen molar-refractivity contribution in [2.24, 2.45) is 17.8 Å². The third kappa shape index (κ3) is 2.77. The van der Waals surface area contributed by atoms with Gasteiger partial charge in [-0.3, -0.25) is 5.32 Å². The number of nitriles is 1. The molecular weight excluding hydrogens is 196 g/mol. The van der Waals surface area contributed by atoms with Gasteiger partial charge in [-0.25, -0.2) is 0 Å². The molecule has 0 spiro atoms. The highest BCUT2D eigenvalue weighted by Crippen LogP contribution is 2.37. The molecular formula is C14H24N2. The first-order valence-corrected chi connectivity index (χ1v) is 6.81. The van der Waals surface area contributed by atoms with Gasteiger partial charge in [0.05, 0.1) is 6.07 Å². The van der Waals surface area contributed by atoms with Gasteiger partial charge in [0.25, 0.3) is 0 Å². The Labute approximate surface area is 99.4 Å². The van der Waals surface area contributed by atoms with Crippen LogP contribution in [0.2, 0.25) is 0 Å². The van der Waals surface area contributed by atoms with Crippen molar-refractivity contribution < 1.29 is 0 Å². The summed E-state index contributed by atoms with van der Waals surface area (Å²) in [6, 6.07) is 2.57. The molecule has 0 aromatic rings. The molecule has 2 aliphatic rings. The summed E-state index contributed by atoms with van der Waals surface area (Å²) < 4.78 is 0. The van der Waals surface area contributed by atoms with Gasteiger partial charge in [0.1, 0.15) is 5.54 Å². The molecule has 0 aromatic carbocycles. The van der Waals surface area contributed by atoms with E-state index in [4.69, 9.17) is 0 Å². The summed E-state index contributed by atoms with van der Waals surface area (Å²) >= 11 is 0. The van der Waals surface area contributed by atoms with Gasteiger partial charge in [0.2, 0.25) is 0 Å². The van der Waals surface area contributed by atoms with Gasteiger partial charge in [-0.2, -0.15) is 5.26 Å². The Morgan fingerprint density at radius 3 is 2.69 bits per heavy atom. The molecule has 90 valence electrons. The number of nitrogens with zero attached hydrogens (tertiary/aromatic N) is 1. The molecule has 2 saturated carbocycles. The highest BCUT2D eigenvalue weighted by Gasteiger charge is 2.38. The number of nitrogens with one attached hydrogen (secondary N) is 1. The van der Waals surface area contributed by atoms with Crippen LogP contribution >= 0.6 is 0 Å². The Hall–Kier alpha value is -0.550. The standard InChI is InChI=1S/C14H24N2/c1-11(2)13-4-3-7-14(8-13,10-15)16-9-12-5-6-12/h11-13,16H,3-9H2,1-2H3. The van der Waals surface area contributed by atoms with Crippen LogP contribution in [0.25, 0.3) is 0 Å². The Bertz CT molecular complexity index is 275. The number of rotatable bonds is 4. The maximum atomic E-state index is 9.46. The molecule has 0 bridgehead atoms. The Balaban J connectivity index is 1.93. The molecule has 0 aliphatic heterocycles. The molecule has 2 atom stereocenters. The first-order valence-electron chi connectivity index (χ1n) is 6.81. The molecule has 2 heteroatoms. The van der Waals surface area contributed by atoms with Gasteiger partial charge < -0.3 is 0 Å². The lowest BCUT2D eigenvalue weighted by Gasteiger charge is -2.38. The second kappa shape index (κ2) is 4.75. The minimum atomic E-state index is -0.199. The highest BCUT2D eigenvalue weighted by atomic mass is 15.0. The molecule has 0 amide bonds. The molecule has 0 radical (unpaired) electrons. The van der Waals surface area contributed by atoms with E-state index in [1.165, 1.54) is 25.7 Å². The summed E-state index contributed by atoms with van der Waals surface area (Å²) in [5.74, 6) is 2.32. The average Bonchev–Trinajstić information content (AvgIpc) is 3.10. The van der Waals surface area contributed by atoms with E-state index in [0.29, 0.717) is 0 Å². The van der Waals surface area contributed by atoms with E-state index in [1.54, 1.807) is 0 Å². The first-order chi connectivity index (χ1) is 7.65. The molecule has 2 aliphatic carbocycles. The Morgan fingerprint density at radius 1 is 1.38 bits per heavy atom. The summed E-state index contributed by atoms with van der Waals surface area (Å²) in [5, 5.41) is 13.0. The van der Waals surface area contributed by atoms with Crippen molar-refractivity contribution >= 4 is 0 Å². The van der Waals surface area contributed by atoms with Crippen molar-refractivity contribution in [1.29, 1.82) is 5.26 Å². The van der Waals surface area contributed by atoms with E-state index >= 15 is 0 Å². The fraction of sp³-hybridized carbons (Fsp3) is 0.929. The topological polar surface area (TPSA) is 35.8 Å². The third-order valence-corrected chi connectivity index (χ3v) is 4.37. The second-order valence-corrected chi connectivity index (χ2v) is 6.12. The van der Waals surface area contributed by atoms with Crippen LogP contribution in [-0.2, 0) is 0 Å². The monoisotopic (exact) mass is 220 g/mol. The lowest BCUT2D eigenvalue weighted by molar-refractivity contribution is 0.188. The van der Waals surface area contributed by atoms with Crippen molar-refractivity contribution in [2.75, 3.05) is 6.54 Å². The number of hydrogen-bond donors (Lipinski definition) is 1. The summed E-state index contributed by atoms with van der Waals surface area (Å²) in [6.07, 6.45) is 7.37. The van der Waals surface area contributed by atoms with Gasteiger partial charge in [-0.1, -0.05) is 20.3 Å². The van der Waals surface area contributed by atoms with Crippen LogP contribution < -0.4 is 5.32 Å². The fourth-order valence-corrected chi connectivity index (χ4v) is 2.85. The first kappa shape index (κ1) is 11.9. The lowest BCUT2D eigenvalue weighted by atomic mass is 9.72. The SMILES string of the molecule is CC(C)C1CCCC(C#N)(NCC2CC2)C1. The molecule has 0 heterocycles. The zero-order valence-corrected chi connectivity index (χ0v) is 10.6. The molecule has 16 heavy (non-hydrogen) atoms. The van der Waals surface area contributed by atoms with Crippen molar-refractivity contribution in [3.63, 3.8) is 0 Å². The largest absolute Gasteiger partial charge is 0.299 e. The van der Waals surface area contributed by atoms with Crippen molar-refractivity contribution in [3.05, 3.63) is 0 Å². The summed E-state index contributed by atoms with van der Waals surface area (Å²) in [5.41, 5.74) is -0.199. The normalized spacial score (nSPS) is 35.0. The summed E-state index contributed by atoms with van der Waals surface area (Å²) in [4.78, 5) is 0. The van der Waals surface area contributed by atoms with E-state index in [1.807, 2.05) is 0 Å². The summed E-state index contributed by atoms with van der Waals surface area (Å²) in [7, 11) is 0. The van der Waals surface area contributed by atoms with E-state index in [9.17, 15) is 5.26 Å². The van der Waals surface area contributed by atoms with Crippen LogP contribution in [0.3, 0.4) is 0 Å². The van der Waals surface area contributed by atoms with Crippen LogP contribution in [-0.4, -0.2) is 12.1 Å². The van der Waals surface area contributed by atoms with E-state index in [-0.39, 0.29) is 5.54 Å². The molecule has 0 saturated heterocycles. The van der Waals surface area contributed by atoms with Gasteiger partial charge in [0.15, 0.2) is 0 Å². The maximum absolute atomic E-state index is 9.46. The van der Waals surface area contributed by atoms with Crippen molar-refractivity contribution in [3.8, 4) is 6.07 Å². The number of hydrogen-bond acceptors (Lipinski definition) is 2. The van der Waals surface area contributed by atoms with E-state index < -0.39 is 0 Å². The van der Waals surface area contributed by atoms with E-state index in [2.05, 4.69) is 25.2 Å². The predicted molar refractivity (Wildman–Crippen MR) is 65.9 cm³/mol. The lowest BCUT2D eigenvalue weighted by Crippen LogP contribution is -2.49. The predicted octanol–water partition coefficient (Wildman–Crippen LogP) is 3.09. The quantitative estimate of drug-likeness (QED) is 0.790. The summed E-state index contributed by atoms with van der Waals surface area (Å²) in [6.45, 7) is 5.65. The Morgan fingerprint density at radius 2 is 2.12 bits per heavy atom.